The van der Waals surface area contributed by atoms with Crippen molar-refractivity contribution in [3.63, 3.8) is 0 Å². The highest BCUT2D eigenvalue weighted by Gasteiger charge is 2.46. The fraction of sp³-hybridized carbons (Fsp3) is 0.462. The van der Waals surface area contributed by atoms with E-state index in [2.05, 4.69) is 0 Å². The summed E-state index contributed by atoms with van der Waals surface area (Å²) in [6.45, 7) is 3.89. The number of anilines is 1. The first-order valence-corrected chi connectivity index (χ1v) is 6.18. The normalized spacial score (nSPS) is 22.4. The van der Waals surface area contributed by atoms with Crippen LogP contribution in [0.3, 0.4) is 0 Å². The lowest BCUT2D eigenvalue weighted by Gasteiger charge is -2.35. The van der Waals surface area contributed by atoms with Gasteiger partial charge in [-0.2, -0.15) is 0 Å². The molecule has 0 bridgehead atoms. The first-order valence-electron chi connectivity index (χ1n) is 5.80. The van der Waals surface area contributed by atoms with Crippen LogP contribution in [-0.2, 0) is 4.79 Å². The van der Waals surface area contributed by atoms with Gasteiger partial charge in [0.05, 0.1) is 18.3 Å². The molecule has 0 saturated carbocycles. The molecule has 1 amide bonds. The van der Waals surface area contributed by atoms with Crippen molar-refractivity contribution in [2.45, 2.75) is 31.8 Å². The molecule has 4 nitrogen and oxygen atoms in total. The summed E-state index contributed by atoms with van der Waals surface area (Å²) >= 11 is 6.00. The topological polar surface area (TPSA) is 55.6 Å². The highest BCUT2D eigenvalue weighted by atomic mass is 35.5. The molecule has 0 spiro atoms. The average Bonchev–Trinajstić information content (AvgIpc) is 2.48. The van der Waals surface area contributed by atoms with E-state index in [-0.39, 0.29) is 11.9 Å². The van der Waals surface area contributed by atoms with E-state index in [1.54, 1.807) is 30.2 Å². The number of halogens is 1. The summed E-state index contributed by atoms with van der Waals surface area (Å²) in [4.78, 5) is 13.8. The van der Waals surface area contributed by atoms with Crippen LogP contribution in [0.4, 0.5) is 5.69 Å². The van der Waals surface area contributed by atoms with Crippen molar-refractivity contribution < 1.29 is 9.53 Å². The van der Waals surface area contributed by atoms with Gasteiger partial charge in [0, 0.05) is 17.5 Å². The van der Waals surface area contributed by atoms with E-state index in [1.807, 2.05) is 13.8 Å². The van der Waals surface area contributed by atoms with Crippen molar-refractivity contribution in [2.24, 2.45) is 5.73 Å². The van der Waals surface area contributed by atoms with Gasteiger partial charge in [0.1, 0.15) is 5.75 Å². The Morgan fingerprint density at radius 3 is 2.67 bits per heavy atom. The Balaban J connectivity index is 2.54. The molecule has 1 fully saturated rings. The third kappa shape index (κ3) is 1.95. The molecule has 1 aliphatic rings. The first kappa shape index (κ1) is 13.2. The zero-order valence-corrected chi connectivity index (χ0v) is 11.5. The number of amides is 1. The van der Waals surface area contributed by atoms with Crippen molar-refractivity contribution in [1.82, 2.24) is 0 Å². The molecule has 18 heavy (non-hydrogen) atoms. The third-order valence-corrected chi connectivity index (χ3v) is 3.74. The molecule has 1 aromatic rings. The second kappa shape index (κ2) is 4.44. The number of methoxy groups -OCH3 is 1. The Bertz CT molecular complexity index is 488. The Morgan fingerprint density at radius 2 is 2.17 bits per heavy atom. The maximum Gasteiger partial charge on any atom is 0.229 e. The number of rotatable bonds is 2. The predicted octanol–water partition coefficient (Wildman–Crippen LogP) is 2.19. The van der Waals surface area contributed by atoms with Gasteiger partial charge in [0.15, 0.2) is 0 Å². The van der Waals surface area contributed by atoms with Gasteiger partial charge in [0.2, 0.25) is 5.91 Å². The molecule has 0 aromatic heterocycles. The standard InChI is InChI=1S/C13H17ClN2O2/c1-13(2)11(15)7-12(17)16(13)9-6-8(14)4-5-10(9)18-3/h4-6,11H,7,15H2,1-3H3. The molecule has 1 unspecified atom stereocenters. The lowest BCUT2D eigenvalue weighted by Crippen LogP contribution is -2.49. The number of nitrogens with zero attached hydrogens (tertiary/aromatic N) is 1. The van der Waals surface area contributed by atoms with Gasteiger partial charge >= 0.3 is 0 Å². The summed E-state index contributed by atoms with van der Waals surface area (Å²) in [7, 11) is 1.57. The third-order valence-electron chi connectivity index (χ3n) is 3.51. The van der Waals surface area contributed by atoms with Crippen LogP contribution in [0.5, 0.6) is 5.75 Å². The second-order valence-corrected chi connectivity index (χ2v) is 5.45. The lowest BCUT2D eigenvalue weighted by molar-refractivity contribution is -0.117. The van der Waals surface area contributed by atoms with Gasteiger partial charge in [0.25, 0.3) is 0 Å². The molecule has 1 aromatic carbocycles. The van der Waals surface area contributed by atoms with E-state index in [4.69, 9.17) is 22.1 Å². The molecular formula is C13H17ClN2O2. The first-order chi connectivity index (χ1) is 8.37. The monoisotopic (exact) mass is 268 g/mol. The molecule has 1 heterocycles. The summed E-state index contributed by atoms with van der Waals surface area (Å²) < 4.78 is 5.30. The zero-order valence-electron chi connectivity index (χ0n) is 10.7. The predicted molar refractivity (Wildman–Crippen MR) is 72.2 cm³/mol. The fourth-order valence-corrected chi connectivity index (χ4v) is 2.47. The number of benzene rings is 1. The van der Waals surface area contributed by atoms with Crippen molar-refractivity contribution >= 4 is 23.2 Å². The second-order valence-electron chi connectivity index (χ2n) is 5.01. The van der Waals surface area contributed by atoms with Crippen LogP contribution < -0.4 is 15.4 Å². The van der Waals surface area contributed by atoms with Crippen LogP contribution in [0.25, 0.3) is 0 Å². The molecule has 1 atom stereocenters. The largest absolute Gasteiger partial charge is 0.495 e. The molecule has 5 heteroatoms. The van der Waals surface area contributed by atoms with E-state index in [9.17, 15) is 4.79 Å². The Labute approximate surface area is 112 Å². The van der Waals surface area contributed by atoms with E-state index in [1.165, 1.54) is 0 Å². The highest BCUT2D eigenvalue weighted by molar-refractivity contribution is 6.31. The molecular weight excluding hydrogens is 252 g/mol. The van der Waals surface area contributed by atoms with Crippen molar-refractivity contribution in [3.05, 3.63) is 23.2 Å². The maximum absolute atomic E-state index is 12.1. The smallest absolute Gasteiger partial charge is 0.229 e. The summed E-state index contributed by atoms with van der Waals surface area (Å²) in [5, 5.41) is 0.565. The van der Waals surface area contributed by atoms with Gasteiger partial charge in [-0.3, -0.25) is 4.79 Å². The number of hydrogen-bond acceptors (Lipinski definition) is 3. The quantitative estimate of drug-likeness (QED) is 0.895. The minimum absolute atomic E-state index is 0.00642. The molecule has 2 rings (SSSR count). The number of hydrogen-bond donors (Lipinski definition) is 1. The molecule has 98 valence electrons. The van der Waals surface area contributed by atoms with E-state index in [0.717, 1.165) is 0 Å². The van der Waals surface area contributed by atoms with Crippen LogP contribution in [0.2, 0.25) is 5.02 Å². The Kier molecular flexibility index (Phi) is 3.25. The summed E-state index contributed by atoms with van der Waals surface area (Å²) in [6.07, 6.45) is 0.336. The van der Waals surface area contributed by atoms with Crippen LogP contribution in [-0.4, -0.2) is 24.6 Å². The molecule has 1 aliphatic heterocycles. The SMILES string of the molecule is COc1ccc(Cl)cc1N1C(=O)CC(N)C1(C)C. The van der Waals surface area contributed by atoms with E-state index < -0.39 is 5.54 Å². The molecule has 2 N–H and O–H groups in total. The molecule has 1 saturated heterocycles. The van der Waals surface area contributed by atoms with Crippen molar-refractivity contribution in [3.8, 4) is 5.75 Å². The van der Waals surface area contributed by atoms with Gasteiger partial charge < -0.3 is 15.4 Å². The number of nitrogens with two attached hydrogens (primary N) is 1. The van der Waals surface area contributed by atoms with Crippen molar-refractivity contribution in [1.29, 1.82) is 0 Å². The maximum atomic E-state index is 12.1. The number of ether oxygens (including phenoxy) is 1. The van der Waals surface area contributed by atoms with Gasteiger partial charge in [-0.1, -0.05) is 11.6 Å². The zero-order chi connectivity index (χ0) is 13.5. The average molecular weight is 269 g/mol. The summed E-state index contributed by atoms with van der Waals surface area (Å²) in [5.41, 5.74) is 6.25. The Morgan fingerprint density at radius 1 is 1.50 bits per heavy atom. The van der Waals surface area contributed by atoms with Crippen LogP contribution in [0.1, 0.15) is 20.3 Å². The number of carbonyl (C=O) groups excluding carboxylic acids is 1. The highest BCUT2D eigenvalue weighted by Crippen LogP contribution is 2.40. The van der Waals surface area contributed by atoms with Crippen molar-refractivity contribution in [2.75, 3.05) is 12.0 Å². The minimum Gasteiger partial charge on any atom is -0.495 e. The molecule has 0 radical (unpaired) electrons. The lowest BCUT2D eigenvalue weighted by atomic mass is 9.96. The summed E-state index contributed by atoms with van der Waals surface area (Å²) in [5.74, 6) is 0.614. The summed E-state index contributed by atoms with van der Waals surface area (Å²) in [6, 6.07) is 5.02. The Hall–Kier alpha value is -1.26. The van der Waals surface area contributed by atoms with E-state index >= 15 is 0 Å². The van der Waals surface area contributed by atoms with E-state index in [0.29, 0.717) is 22.9 Å². The number of carbonyl (C=O) groups is 1. The van der Waals surface area contributed by atoms with Crippen LogP contribution in [0, 0.1) is 0 Å². The van der Waals surface area contributed by atoms with Gasteiger partial charge in [-0.15, -0.1) is 0 Å². The van der Waals surface area contributed by atoms with Gasteiger partial charge in [-0.25, -0.2) is 0 Å². The molecule has 0 aliphatic carbocycles. The van der Waals surface area contributed by atoms with Crippen LogP contribution >= 0.6 is 11.6 Å². The van der Waals surface area contributed by atoms with Crippen LogP contribution in [0.15, 0.2) is 18.2 Å². The fourth-order valence-electron chi connectivity index (χ4n) is 2.30. The van der Waals surface area contributed by atoms with Gasteiger partial charge in [-0.05, 0) is 32.0 Å². The minimum atomic E-state index is -0.449.